The normalized spacial score (nSPS) is 11.1. The van der Waals surface area contributed by atoms with Gasteiger partial charge in [0.25, 0.3) is 0 Å². The van der Waals surface area contributed by atoms with Crippen molar-refractivity contribution < 1.29 is 14.3 Å². The topological polar surface area (TPSA) is 55.1 Å². The predicted molar refractivity (Wildman–Crippen MR) is 106 cm³/mol. The smallest absolute Gasteiger partial charge is 0.335 e. The summed E-state index contributed by atoms with van der Waals surface area (Å²) in [7, 11) is 0. The average molecular weight is 395 g/mol. The van der Waals surface area contributed by atoms with Crippen molar-refractivity contribution in [3.8, 4) is 0 Å². The fourth-order valence-corrected chi connectivity index (χ4v) is 3.30. The van der Waals surface area contributed by atoms with Crippen molar-refractivity contribution in [1.82, 2.24) is 9.55 Å². The average Bonchev–Trinajstić information content (AvgIpc) is 3.01. The quantitative estimate of drug-likeness (QED) is 0.508. The molecule has 0 bridgehead atoms. The third-order valence-corrected chi connectivity index (χ3v) is 4.86. The minimum absolute atomic E-state index is 0.200. The molecule has 0 aliphatic carbocycles. The van der Waals surface area contributed by atoms with E-state index in [1.807, 2.05) is 28.8 Å². The molecule has 0 amide bonds. The van der Waals surface area contributed by atoms with Crippen molar-refractivity contribution in [2.24, 2.45) is 0 Å². The maximum Gasteiger partial charge on any atom is 0.335 e. The molecule has 140 valence electrons. The summed E-state index contributed by atoms with van der Waals surface area (Å²) < 4.78 is 15.2. The Morgan fingerprint density at radius 1 is 1.00 bits per heavy atom. The van der Waals surface area contributed by atoms with Gasteiger partial charge in [-0.1, -0.05) is 35.9 Å². The van der Waals surface area contributed by atoms with Crippen LogP contribution in [-0.4, -0.2) is 20.6 Å². The van der Waals surface area contributed by atoms with Crippen molar-refractivity contribution in [2.75, 3.05) is 0 Å². The van der Waals surface area contributed by atoms with E-state index in [1.165, 1.54) is 12.1 Å². The van der Waals surface area contributed by atoms with Gasteiger partial charge in [-0.2, -0.15) is 0 Å². The van der Waals surface area contributed by atoms with Gasteiger partial charge in [-0.3, -0.25) is 0 Å². The van der Waals surface area contributed by atoms with Gasteiger partial charge in [0.15, 0.2) is 0 Å². The molecule has 0 radical (unpaired) electrons. The molecule has 0 spiro atoms. The molecular formula is C22H16ClFN2O2. The van der Waals surface area contributed by atoms with Gasteiger partial charge in [0.05, 0.1) is 16.6 Å². The van der Waals surface area contributed by atoms with E-state index in [4.69, 9.17) is 16.6 Å². The van der Waals surface area contributed by atoms with E-state index in [-0.39, 0.29) is 11.4 Å². The third kappa shape index (κ3) is 3.75. The second-order valence-corrected chi connectivity index (χ2v) is 6.99. The molecule has 28 heavy (non-hydrogen) atoms. The number of aromatic carboxylic acids is 1. The SMILES string of the molecule is O=C(O)c1ccc2nc(Cc3ccc(Cl)cc3)n(Cc3ccc(F)cc3)c2c1. The van der Waals surface area contributed by atoms with Gasteiger partial charge < -0.3 is 9.67 Å². The highest BCUT2D eigenvalue weighted by molar-refractivity contribution is 6.30. The summed E-state index contributed by atoms with van der Waals surface area (Å²) in [5, 5.41) is 10.0. The molecule has 0 unspecified atom stereocenters. The van der Waals surface area contributed by atoms with Gasteiger partial charge in [-0.05, 0) is 53.6 Å². The highest BCUT2D eigenvalue weighted by Gasteiger charge is 2.14. The molecule has 1 N–H and O–H groups in total. The van der Waals surface area contributed by atoms with E-state index in [9.17, 15) is 14.3 Å². The summed E-state index contributed by atoms with van der Waals surface area (Å²) in [5.74, 6) is -0.492. The Hall–Kier alpha value is -3.18. The Labute approximate surface area is 165 Å². The molecule has 1 heterocycles. The molecule has 6 heteroatoms. The van der Waals surface area contributed by atoms with Crippen molar-refractivity contribution in [1.29, 1.82) is 0 Å². The molecule has 4 nitrogen and oxygen atoms in total. The minimum Gasteiger partial charge on any atom is -0.478 e. The fourth-order valence-electron chi connectivity index (χ4n) is 3.17. The summed E-state index contributed by atoms with van der Waals surface area (Å²) in [6, 6.07) is 18.7. The monoisotopic (exact) mass is 394 g/mol. The number of carboxylic acid groups (broad SMARTS) is 1. The van der Waals surface area contributed by atoms with Crippen LogP contribution in [0, 0.1) is 5.82 Å². The van der Waals surface area contributed by atoms with Gasteiger partial charge in [0.2, 0.25) is 0 Å². The van der Waals surface area contributed by atoms with Crippen LogP contribution in [0.2, 0.25) is 5.02 Å². The number of hydrogen-bond donors (Lipinski definition) is 1. The van der Waals surface area contributed by atoms with Crippen LogP contribution in [0.15, 0.2) is 66.7 Å². The summed E-state index contributed by atoms with van der Waals surface area (Å²) in [5.41, 5.74) is 3.59. The number of hydrogen-bond acceptors (Lipinski definition) is 2. The highest BCUT2D eigenvalue weighted by Crippen LogP contribution is 2.23. The van der Waals surface area contributed by atoms with Gasteiger partial charge in [-0.15, -0.1) is 0 Å². The Balaban J connectivity index is 1.81. The Kier molecular flexibility index (Phi) is 4.84. The van der Waals surface area contributed by atoms with Crippen LogP contribution in [0.4, 0.5) is 4.39 Å². The van der Waals surface area contributed by atoms with Crippen LogP contribution in [0.1, 0.15) is 27.3 Å². The van der Waals surface area contributed by atoms with Gasteiger partial charge in [0, 0.05) is 18.0 Å². The number of nitrogens with zero attached hydrogens (tertiary/aromatic N) is 2. The number of aromatic nitrogens is 2. The minimum atomic E-state index is -0.990. The van der Waals surface area contributed by atoms with Crippen LogP contribution < -0.4 is 0 Å². The van der Waals surface area contributed by atoms with Crippen LogP contribution in [0.25, 0.3) is 11.0 Å². The zero-order valence-corrected chi connectivity index (χ0v) is 15.5. The van der Waals surface area contributed by atoms with E-state index in [1.54, 1.807) is 30.3 Å². The second-order valence-electron chi connectivity index (χ2n) is 6.55. The molecule has 4 rings (SSSR count). The summed E-state index contributed by atoms with van der Waals surface area (Å²) in [4.78, 5) is 16.1. The maximum absolute atomic E-state index is 13.3. The lowest BCUT2D eigenvalue weighted by Crippen LogP contribution is -2.06. The van der Waals surface area contributed by atoms with Crippen molar-refractivity contribution in [3.63, 3.8) is 0 Å². The third-order valence-electron chi connectivity index (χ3n) is 4.60. The number of fused-ring (bicyclic) bond motifs is 1. The van der Waals surface area contributed by atoms with Crippen LogP contribution >= 0.6 is 11.6 Å². The molecule has 4 aromatic rings. The van der Waals surface area contributed by atoms with Crippen molar-refractivity contribution >= 4 is 28.6 Å². The number of imidazole rings is 1. The first kappa shape index (κ1) is 18.2. The Morgan fingerprint density at radius 2 is 1.68 bits per heavy atom. The van der Waals surface area contributed by atoms with Crippen molar-refractivity contribution in [3.05, 3.63) is 100 Å². The van der Waals surface area contributed by atoms with E-state index in [0.29, 0.717) is 18.0 Å². The second kappa shape index (κ2) is 7.44. The number of benzene rings is 3. The molecular weight excluding hydrogens is 379 g/mol. The number of rotatable bonds is 5. The standard InChI is InChI=1S/C22H16ClFN2O2/c23-17-6-1-14(2-7-17)11-21-25-19-10-5-16(22(27)28)12-20(19)26(21)13-15-3-8-18(24)9-4-15/h1-10,12H,11,13H2,(H,27,28). The van der Waals surface area contributed by atoms with Gasteiger partial charge in [0.1, 0.15) is 11.6 Å². The molecule has 0 saturated heterocycles. The molecule has 0 aliphatic rings. The molecule has 0 atom stereocenters. The first-order chi connectivity index (χ1) is 13.5. The van der Waals surface area contributed by atoms with Gasteiger partial charge >= 0.3 is 5.97 Å². The fraction of sp³-hybridized carbons (Fsp3) is 0.0909. The van der Waals surface area contributed by atoms with Crippen LogP contribution in [0.5, 0.6) is 0 Å². The first-order valence-electron chi connectivity index (χ1n) is 8.71. The van der Waals surface area contributed by atoms with Crippen molar-refractivity contribution in [2.45, 2.75) is 13.0 Å². The van der Waals surface area contributed by atoms with E-state index < -0.39 is 5.97 Å². The largest absolute Gasteiger partial charge is 0.478 e. The highest BCUT2D eigenvalue weighted by atomic mass is 35.5. The summed E-state index contributed by atoms with van der Waals surface area (Å²) in [6.45, 7) is 0.461. The van der Waals surface area contributed by atoms with E-state index >= 15 is 0 Å². The molecule has 0 saturated carbocycles. The lowest BCUT2D eigenvalue weighted by molar-refractivity contribution is 0.0697. The molecule has 3 aromatic carbocycles. The van der Waals surface area contributed by atoms with E-state index in [2.05, 4.69) is 0 Å². The number of carbonyl (C=O) groups is 1. The summed E-state index contributed by atoms with van der Waals surface area (Å²) >= 11 is 5.97. The first-order valence-corrected chi connectivity index (χ1v) is 9.09. The molecule has 1 aromatic heterocycles. The van der Waals surface area contributed by atoms with E-state index in [0.717, 1.165) is 28.0 Å². The molecule has 0 fully saturated rings. The lowest BCUT2D eigenvalue weighted by atomic mass is 10.1. The zero-order valence-electron chi connectivity index (χ0n) is 14.8. The van der Waals surface area contributed by atoms with Crippen LogP contribution in [0.3, 0.4) is 0 Å². The summed E-state index contributed by atoms with van der Waals surface area (Å²) in [6.07, 6.45) is 0.565. The zero-order chi connectivity index (χ0) is 19.7. The Morgan fingerprint density at radius 3 is 2.36 bits per heavy atom. The predicted octanol–water partition coefficient (Wildman–Crippen LogP) is 5.17. The maximum atomic E-state index is 13.3. The molecule has 0 aliphatic heterocycles. The van der Waals surface area contributed by atoms with Gasteiger partial charge in [-0.25, -0.2) is 14.2 Å². The number of carboxylic acids is 1. The lowest BCUT2D eigenvalue weighted by Gasteiger charge is -2.10. The number of halogens is 2. The van der Waals surface area contributed by atoms with Crippen LogP contribution in [-0.2, 0) is 13.0 Å². The Bertz CT molecular complexity index is 1150.